The van der Waals surface area contributed by atoms with Gasteiger partial charge in [-0.1, -0.05) is 70.4 Å². The molecule has 1 aromatic carbocycles. The van der Waals surface area contributed by atoms with Gasteiger partial charge in [-0.25, -0.2) is 4.79 Å². The third-order valence-corrected chi connectivity index (χ3v) is 5.35. The summed E-state index contributed by atoms with van der Waals surface area (Å²) >= 11 is 0. The highest BCUT2D eigenvalue weighted by Gasteiger charge is 2.37. The van der Waals surface area contributed by atoms with Crippen LogP contribution in [0.2, 0.25) is 0 Å². The standard InChI is InChI=1S/C27H45N3O4/c1-9-11-12-16-28-24(31)23(21-15-13-14-20(5)18-21)30(17-10-2)25(32)22(19(3)4)29-26(33)34-27(6,7)8/h13-15,18-19,22-23H,9-12,16-17H2,1-8H3,(H,28,31)(H,29,33). The first-order valence-electron chi connectivity index (χ1n) is 12.6. The van der Waals surface area contributed by atoms with Crippen molar-refractivity contribution >= 4 is 17.9 Å². The average Bonchev–Trinajstić information content (AvgIpc) is 2.73. The van der Waals surface area contributed by atoms with Crippen molar-refractivity contribution in [2.24, 2.45) is 5.92 Å². The van der Waals surface area contributed by atoms with Crippen LogP contribution in [0.3, 0.4) is 0 Å². The summed E-state index contributed by atoms with van der Waals surface area (Å²) < 4.78 is 5.39. The number of amides is 3. The molecule has 7 heteroatoms. The number of rotatable bonds is 12. The van der Waals surface area contributed by atoms with Gasteiger partial charge in [-0.3, -0.25) is 9.59 Å². The van der Waals surface area contributed by atoms with Crippen molar-refractivity contribution in [3.05, 3.63) is 35.4 Å². The Labute approximate surface area is 206 Å². The van der Waals surface area contributed by atoms with Crippen LogP contribution in [0.15, 0.2) is 24.3 Å². The summed E-state index contributed by atoms with van der Waals surface area (Å²) in [6.07, 6.45) is 3.01. The number of benzene rings is 1. The molecule has 7 nitrogen and oxygen atoms in total. The van der Waals surface area contributed by atoms with Crippen molar-refractivity contribution in [1.82, 2.24) is 15.5 Å². The second-order valence-corrected chi connectivity index (χ2v) is 10.2. The molecule has 0 radical (unpaired) electrons. The molecule has 0 aliphatic heterocycles. The molecule has 0 saturated heterocycles. The van der Waals surface area contributed by atoms with E-state index in [1.807, 2.05) is 52.0 Å². The fraction of sp³-hybridized carbons (Fsp3) is 0.667. The number of nitrogens with one attached hydrogen (secondary N) is 2. The van der Waals surface area contributed by atoms with Crippen LogP contribution >= 0.6 is 0 Å². The molecule has 2 N–H and O–H groups in total. The zero-order chi connectivity index (χ0) is 25.9. The molecule has 0 aromatic heterocycles. The lowest BCUT2D eigenvalue weighted by atomic mass is 9.97. The van der Waals surface area contributed by atoms with Crippen LogP contribution in [0.5, 0.6) is 0 Å². The van der Waals surface area contributed by atoms with Crippen molar-refractivity contribution in [3.63, 3.8) is 0 Å². The Bertz CT molecular complexity index is 801. The van der Waals surface area contributed by atoms with Crippen molar-refractivity contribution in [3.8, 4) is 0 Å². The Kier molecular flexibility index (Phi) is 12.1. The predicted octanol–water partition coefficient (Wildman–Crippen LogP) is 5.13. The fourth-order valence-electron chi connectivity index (χ4n) is 3.73. The molecule has 0 aliphatic rings. The molecule has 0 spiro atoms. The van der Waals surface area contributed by atoms with E-state index in [0.29, 0.717) is 19.5 Å². The fourth-order valence-corrected chi connectivity index (χ4v) is 3.73. The van der Waals surface area contributed by atoms with Crippen LogP contribution in [0.4, 0.5) is 4.79 Å². The third kappa shape index (κ3) is 9.74. The van der Waals surface area contributed by atoms with Gasteiger partial charge in [-0.2, -0.15) is 0 Å². The van der Waals surface area contributed by atoms with Gasteiger partial charge in [0.25, 0.3) is 0 Å². The third-order valence-electron chi connectivity index (χ3n) is 5.35. The molecule has 1 rings (SSSR count). The van der Waals surface area contributed by atoms with Gasteiger partial charge in [0.2, 0.25) is 11.8 Å². The van der Waals surface area contributed by atoms with E-state index >= 15 is 0 Å². The molecule has 0 aliphatic carbocycles. The molecule has 3 amide bonds. The molecule has 1 aromatic rings. The monoisotopic (exact) mass is 475 g/mol. The summed E-state index contributed by atoms with van der Waals surface area (Å²) in [6, 6.07) is 6.09. The molecule has 0 bridgehead atoms. The molecule has 192 valence electrons. The Morgan fingerprint density at radius 1 is 1.06 bits per heavy atom. The summed E-state index contributed by atoms with van der Waals surface area (Å²) in [5.74, 6) is -0.689. The quantitative estimate of drug-likeness (QED) is 0.410. The van der Waals surface area contributed by atoms with E-state index in [0.717, 1.165) is 30.4 Å². The minimum Gasteiger partial charge on any atom is -0.444 e. The summed E-state index contributed by atoms with van der Waals surface area (Å²) in [6.45, 7) is 16.1. The van der Waals surface area contributed by atoms with Gasteiger partial charge in [0.05, 0.1) is 0 Å². The van der Waals surface area contributed by atoms with E-state index in [-0.39, 0.29) is 17.7 Å². The summed E-state index contributed by atoms with van der Waals surface area (Å²) in [5, 5.41) is 5.77. The molecule has 0 saturated carbocycles. The second-order valence-electron chi connectivity index (χ2n) is 10.2. The normalized spacial score (nSPS) is 13.2. The van der Waals surface area contributed by atoms with E-state index in [9.17, 15) is 14.4 Å². The molecule has 2 atom stereocenters. The highest BCUT2D eigenvalue weighted by atomic mass is 16.6. The van der Waals surface area contributed by atoms with Crippen LogP contribution in [0.25, 0.3) is 0 Å². The summed E-state index contributed by atoms with van der Waals surface area (Å²) in [5.41, 5.74) is 1.09. The van der Waals surface area contributed by atoms with Gasteiger partial charge < -0.3 is 20.3 Å². The largest absolute Gasteiger partial charge is 0.444 e. The maximum Gasteiger partial charge on any atom is 0.408 e. The van der Waals surface area contributed by atoms with E-state index in [1.165, 1.54) is 0 Å². The number of ether oxygens (including phenoxy) is 1. The maximum atomic E-state index is 13.8. The second kappa shape index (κ2) is 14.0. The minimum absolute atomic E-state index is 0.190. The number of alkyl carbamates (subject to hydrolysis) is 1. The molecule has 0 heterocycles. The summed E-state index contributed by atoms with van der Waals surface area (Å²) in [7, 11) is 0. The number of hydrogen-bond acceptors (Lipinski definition) is 4. The number of carbonyl (C=O) groups excluding carboxylic acids is 3. The van der Waals surface area contributed by atoms with Crippen molar-refractivity contribution in [2.75, 3.05) is 13.1 Å². The van der Waals surface area contributed by atoms with Crippen LogP contribution in [-0.4, -0.2) is 47.5 Å². The Morgan fingerprint density at radius 3 is 2.26 bits per heavy atom. The average molecular weight is 476 g/mol. The van der Waals surface area contributed by atoms with Crippen molar-refractivity contribution in [2.45, 2.75) is 98.8 Å². The minimum atomic E-state index is -0.818. The van der Waals surface area contributed by atoms with E-state index in [2.05, 4.69) is 17.6 Å². The molecular formula is C27H45N3O4. The van der Waals surface area contributed by atoms with Crippen LogP contribution < -0.4 is 10.6 Å². The van der Waals surface area contributed by atoms with Gasteiger partial charge >= 0.3 is 6.09 Å². The van der Waals surface area contributed by atoms with Gasteiger partial charge in [0.1, 0.15) is 17.7 Å². The zero-order valence-electron chi connectivity index (χ0n) is 22.4. The molecule has 34 heavy (non-hydrogen) atoms. The van der Waals surface area contributed by atoms with Crippen molar-refractivity contribution < 1.29 is 19.1 Å². The zero-order valence-corrected chi connectivity index (χ0v) is 22.4. The lowest BCUT2D eigenvalue weighted by Gasteiger charge is -2.35. The maximum absolute atomic E-state index is 13.8. The first kappa shape index (κ1) is 29.5. The summed E-state index contributed by atoms with van der Waals surface area (Å²) in [4.78, 5) is 41.4. The SMILES string of the molecule is CCCCCNC(=O)C(c1cccc(C)c1)N(CCC)C(=O)C(NC(=O)OC(C)(C)C)C(C)C. The molecule has 0 fully saturated rings. The topological polar surface area (TPSA) is 87.7 Å². The van der Waals surface area contributed by atoms with E-state index in [4.69, 9.17) is 4.74 Å². The number of nitrogens with zero attached hydrogens (tertiary/aromatic N) is 1. The Balaban J connectivity index is 3.31. The van der Waals surface area contributed by atoms with E-state index < -0.39 is 23.8 Å². The highest BCUT2D eigenvalue weighted by Crippen LogP contribution is 2.25. The first-order valence-corrected chi connectivity index (χ1v) is 12.6. The van der Waals surface area contributed by atoms with Gasteiger partial charge in [0.15, 0.2) is 0 Å². The highest BCUT2D eigenvalue weighted by molar-refractivity contribution is 5.92. The number of aryl methyl sites for hydroxylation is 1. The number of carbonyl (C=O) groups is 3. The number of hydrogen-bond donors (Lipinski definition) is 2. The van der Waals surface area contributed by atoms with Gasteiger partial charge in [0, 0.05) is 13.1 Å². The Morgan fingerprint density at radius 2 is 1.74 bits per heavy atom. The number of unbranched alkanes of at least 4 members (excludes halogenated alkanes) is 2. The van der Waals surface area contributed by atoms with Crippen molar-refractivity contribution in [1.29, 1.82) is 0 Å². The smallest absolute Gasteiger partial charge is 0.408 e. The first-order chi connectivity index (χ1) is 15.9. The molecular weight excluding hydrogens is 430 g/mol. The van der Waals surface area contributed by atoms with Gasteiger partial charge in [-0.15, -0.1) is 0 Å². The van der Waals surface area contributed by atoms with E-state index in [1.54, 1.807) is 25.7 Å². The predicted molar refractivity (Wildman–Crippen MR) is 136 cm³/mol. The van der Waals surface area contributed by atoms with Crippen LogP contribution in [0, 0.1) is 12.8 Å². The van der Waals surface area contributed by atoms with Gasteiger partial charge in [-0.05, 0) is 52.0 Å². The lowest BCUT2D eigenvalue weighted by Crippen LogP contribution is -2.55. The lowest BCUT2D eigenvalue weighted by molar-refractivity contribution is -0.143. The molecule has 2 unspecified atom stereocenters. The van der Waals surface area contributed by atoms with Crippen LogP contribution in [-0.2, 0) is 14.3 Å². The van der Waals surface area contributed by atoms with Crippen LogP contribution in [0.1, 0.15) is 91.3 Å². The Hall–Kier alpha value is -2.57.